The van der Waals surface area contributed by atoms with Gasteiger partial charge in [-0.25, -0.2) is 4.79 Å². The van der Waals surface area contributed by atoms with Gasteiger partial charge in [0.2, 0.25) is 5.91 Å². The number of alkyl halides is 1. The predicted molar refractivity (Wildman–Crippen MR) is 142 cm³/mol. The Morgan fingerprint density at radius 1 is 1.17 bits per heavy atom. The minimum absolute atomic E-state index is 0.245. The van der Waals surface area contributed by atoms with Crippen molar-refractivity contribution < 1.29 is 23.8 Å². The van der Waals surface area contributed by atoms with E-state index in [1.165, 1.54) is 30.0 Å². The summed E-state index contributed by atoms with van der Waals surface area (Å²) in [6.07, 6.45) is 4.89. The van der Waals surface area contributed by atoms with Gasteiger partial charge in [-0.05, 0) is 30.2 Å². The van der Waals surface area contributed by atoms with E-state index in [0.717, 1.165) is 10.9 Å². The number of allylic oxidation sites excluding steroid dienone is 2. The molecular formula is C26H25Cl2NO5S. The van der Waals surface area contributed by atoms with Gasteiger partial charge in [-0.2, -0.15) is 11.8 Å². The maximum atomic E-state index is 12.2. The summed E-state index contributed by atoms with van der Waals surface area (Å²) in [5.74, 6) is 0.808. The van der Waals surface area contributed by atoms with Crippen molar-refractivity contribution in [1.82, 2.24) is 5.32 Å². The van der Waals surface area contributed by atoms with Crippen LogP contribution in [-0.4, -0.2) is 41.3 Å². The molecular weight excluding hydrogens is 509 g/mol. The van der Waals surface area contributed by atoms with E-state index in [0.29, 0.717) is 41.8 Å². The maximum Gasteiger partial charge on any atom is 0.327 e. The highest BCUT2D eigenvalue weighted by Crippen LogP contribution is 2.32. The molecule has 1 atom stereocenters. The lowest BCUT2D eigenvalue weighted by molar-refractivity contribution is -0.140. The molecule has 3 aromatic rings. The van der Waals surface area contributed by atoms with Crippen LogP contribution >= 0.6 is 35.0 Å². The number of fused-ring (bicyclic) bond motifs is 1. The molecule has 1 amide bonds. The van der Waals surface area contributed by atoms with Crippen LogP contribution in [0.15, 0.2) is 77.2 Å². The van der Waals surface area contributed by atoms with Gasteiger partial charge in [0, 0.05) is 28.8 Å². The first-order chi connectivity index (χ1) is 17.0. The number of hydrogen-bond acceptors (Lipinski definition) is 5. The zero-order valence-corrected chi connectivity index (χ0v) is 21.1. The van der Waals surface area contributed by atoms with Gasteiger partial charge in [0.25, 0.3) is 0 Å². The fourth-order valence-electron chi connectivity index (χ4n) is 3.07. The van der Waals surface area contributed by atoms with Crippen molar-refractivity contribution in [1.29, 1.82) is 0 Å². The summed E-state index contributed by atoms with van der Waals surface area (Å²) in [5.41, 5.74) is 1.66. The summed E-state index contributed by atoms with van der Waals surface area (Å²) < 4.78 is 11.6. The first-order valence-corrected chi connectivity index (χ1v) is 12.9. The molecule has 0 radical (unpaired) electrons. The summed E-state index contributed by atoms with van der Waals surface area (Å²) >= 11 is 13.5. The van der Waals surface area contributed by atoms with Crippen molar-refractivity contribution >= 4 is 62.8 Å². The average Bonchev–Trinajstić information content (AvgIpc) is 3.29. The van der Waals surface area contributed by atoms with Crippen LogP contribution in [0.25, 0.3) is 16.0 Å². The number of carbonyl (C=O) groups is 2. The van der Waals surface area contributed by atoms with Gasteiger partial charge >= 0.3 is 5.97 Å². The summed E-state index contributed by atoms with van der Waals surface area (Å²) in [7, 11) is 0. The normalized spacial score (nSPS) is 12.7. The third-order valence-electron chi connectivity index (χ3n) is 4.78. The molecule has 6 nitrogen and oxygen atoms in total. The van der Waals surface area contributed by atoms with Crippen molar-refractivity contribution in [2.24, 2.45) is 0 Å². The summed E-state index contributed by atoms with van der Waals surface area (Å²) in [6.45, 7) is 0.474. The number of benzene rings is 2. The fourth-order valence-corrected chi connectivity index (χ4v) is 4.35. The van der Waals surface area contributed by atoms with Crippen LogP contribution in [0.3, 0.4) is 0 Å². The van der Waals surface area contributed by atoms with Crippen LogP contribution in [0.4, 0.5) is 0 Å². The smallest absolute Gasteiger partial charge is 0.327 e. The van der Waals surface area contributed by atoms with Gasteiger partial charge < -0.3 is 19.6 Å². The number of carbonyl (C=O) groups excluding carboxylic acids is 1. The molecule has 1 unspecified atom stereocenters. The first-order valence-electron chi connectivity index (χ1n) is 10.9. The van der Waals surface area contributed by atoms with E-state index < -0.39 is 17.9 Å². The minimum Gasteiger partial charge on any atom is -0.490 e. The second kappa shape index (κ2) is 13.9. The Morgan fingerprint density at radius 3 is 2.71 bits per heavy atom. The molecule has 1 heterocycles. The van der Waals surface area contributed by atoms with E-state index >= 15 is 0 Å². The molecule has 0 bridgehead atoms. The number of thioether (sulfide) groups is 1. The number of ether oxygens (including phenoxy) is 1. The van der Waals surface area contributed by atoms with Crippen molar-refractivity contribution in [3.05, 3.63) is 84.1 Å². The number of carboxylic acid groups (broad SMARTS) is 1. The van der Waals surface area contributed by atoms with Crippen LogP contribution < -0.4 is 10.1 Å². The molecule has 0 aliphatic heterocycles. The molecule has 1 aromatic heterocycles. The van der Waals surface area contributed by atoms with Crippen molar-refractivity contribution in [2.45, 2.75) is 18.2 Å². The molecule has 0 spiro atoms. The Balaban J connectivity index is 1.57. The second-order valence-corrected chi connectivity index (χ2v) is 9.27. The van der Waals surface area contributed by atoms with Gasteiger partial charge in [-0.15, -0.1) is 11.6 Å². The standard InChI is InChI=1S/C26H25Cl2NO5S/c27-13-6-14-33-22-11-4-9-19-15-23(34-25(19)22)20(28)10-5-12-24(30)29-21(26(31)32)17-35-16-18-7-2-1-3-8-18/h1-5,7-12,15,21H,6,13-14,16-17H2,(H,29,30)(H,31,32). The largest absolute Gasteiger partial charge is 0.490 e. The topological polar surface area (TPSA) is 88.8 Å². The highest BCUT2D eigenvalue weighted by molar-refractivity contribution is 7.98. The molecule has 2 N–H and O–H groups in total. The zero-order valence-electron chi connectivity index (χ0n) is 18.8. The molecule has 0 aliphatic carbocycles. The van der Waals surface area contributed by atoms with E-state index in [2.05, 4.69) is 5.32 Å². The molecule has 9 heteroatoms. The third-order valence-corrected chi connectivity index (χ3v) is 6.47. The van der Waals surface area contributed by atoms with Crippen LogP contribution in [0.1, 0.15) is 17.7 Å². The highest BCUT2D eigenvalue weighted by Gasteiger charge is 2.18. The van der Waals surface area contributed by atoms with E-state index in [1.807, 2.05) is 48.5 Å². The van der Waals surface area contributed by atoms with Gasteiger partial charge in [0.1, 0.15) is 11.8 Å². The monoisotopic (exact) mass is 533 g/mol. The number of halogens is 2. The molecule has 0 fully saturated rings. The van der Waals surface area contributed by atoms with E-state index in [9.17, 15) is 14.7 Å². The third kappa shape index (κ3) is 8.38. The van der Waals surface area contributed by atoms with Gasteiger partial charge in [-0.1, -0.05) is 60.1 Å². The lowest BCUT2D eigenvalue weighted by atomic mass is 10.2. The van der Waals surface area contributed by atoms with Crippen LogP contribution in [0.5, 0.6) is 5.75 Å². The van der Waals surface area contributed by atoms with E-state index in [1.54, 1.807) is 6.07 Å². The average molecular weight is 534 g/mol. The molecule has 0 saturated carbocycles. The van der Waals surface area contributed by atoms with Crippen LogP contribution in [-0.2, 0) is 15.3 Å². The zero-order chi connectivity index (χ0) is 25.0. The van der Waals surface area contributed by atoms with Crippen molar-refractivity contribution in [3.8, 4) is 5.75 Å². The van der Waals surface area contributed by atoms with Crippen LogP contribution in [0.2, 0.25) is 0 Å². The summed E-state index contributed by atoms with van der Waals surface area (Å²) in [5, 5.41) is 13.0. The van der Waals surface area contributed by atoms with E-state index in [-0.39, 0.29) is 10.8 Å². The lowest BCUT2D eigenvalue weighted by Gasteiger charge is -2.12. The quantitative estimate of drug-likeness (QED) is 0.120. The second-order valence-electron chi connectivity index (χ2n) is 7.45. The summed E-state index contributed by atoms with van der Waals surface area (Å²) in [6, 6.07) is 16.0. The Bertz CT molecular complexity index is 1190. The van der Waals surface area contributed by atoms with Gasteiger partial charge in [0.05, 0.1) is 11.6 Å². The minimum atomic E-state index is -1.09. The molecule has 3 rings (SSSR count). The summed E-state index contributed by atoms with van der Waals surface area (Å²) in [4.78, 5) is 23.8. The number of nitrogens with one attached hydrogen (secondary N) is 1. The van der Waals surface area contributed by atoms with Crippen molar-refractivity contribution in [3.63, 3.8) is 0 Å². The Labute approximate surface area is 217 Å². The number of carboxylic acids is 1. The van der Waals surface area contributed by atoms with Crippen LogP contribution in [0, 0.1) is 0 Å². The molecule has 0 saturated heterocycles. The number of furan rings is 1. The molecule has 35 heavy (non-hydrogen) atoms. The molecule has 0 aliphatic rings. The number of para-hydroxylation sites is 1. The van der Waals surface area contributed by atoms with Gasteiger partial charge in [-0.3, -0.25) is 4.79 Å². The van der Waals surface area contributed by atoms with E-state index in [4.69, 9.17) is 32.4 Å². The first kappa shape index (κ1) is 26.7. The molecule has 2 aromatic carbocycles. The van der Waals surface area contributed by atoms with Crippen molar-refractivity contribution in [2.75, 3.05) is 18.2 Å². The molecule has 184 valence electrons. The number of hydrogen-bond donors (Lipinski definition) is 2. The Hall–Kier alpha value is -2.87. The number of amides is 1. The fraction of sp³-hybridized carbons (Fsp3) is 0.231. The number of rotatable bonds is 13. The maximum absolute atomic E-state index is 12.2. The predicted octanol–water partition coefficient (Wildman–Crippen LogP) is 6.08. The van der Waals surface area contributed by atoms with Gasteiger partial charge in [0.15, 0.2) is 11.3 Å². The lowest BCUT2D eigenvalue weighted by Crippen LogP contribution is -2.41. The highest BCUT2D eigenvalue weighted by atomic mass is 35.5. The number of aliphatic carboxylic acids is 1. The Kier molecular flexibility index (Phi) is 10.6. The Morgan fingerprint density at radius 2 is 1.97 bits per heavy atom. The SMILES string of the molecule is O=C(C=CC=C(Cl)c1cc2cccc(OCCCCl)c2o1)NC(CSCc1ccccc1)C(=O)O.